The number of nitrogens with one attached hydrogen (secondary N) is 1. The van der Waals surface area contributed by atoms with Gasteiger partial charge in [0.05, 0.1) is 25.0 Å². The van der Waals surface area contributed by atoms with Crippen molar-refractivity contribution in [1.82, 2.24) is 9.62 Å². The second kappa shape index (κ2) is 9.60. The van der Waals surface area contributed by atoms with E-state index in [0.717, 1.165) is 12.8 Å². The third-order valence-corrected chi connectivity index (χ3v) is 7.42. The van der Waals surface area contributed by atoms with Gasteiger partial charge in [0.1, 0.15) is 0 Å². The number of carbonyl (C=O) groups excluding carboxylic acids is 1. The fraction of sp³-hybridized carbons (Fsp3) is 0.650. The predicted octanol–water partition coefficient (Wildman–Crippen LogP) is 2.72. The number of benzene rings is 1. The van der Waals surface area contributed by atoms with Crippen LogP contribution in [0.3, 0.4) is 0 Å². The molecule has 1 aliphatic rings. The van der Waals surface area contributed by atoms with Crippen molar-refractivity contribution >= 4 is 15.9 Å². The summed E-state index contributed by atoms with van der Waals surface area (Å²) in [6, 6.07) is 2.99. The van der Waals surface area contributed by atoms with Crippen LogP contribution in [0.2, 0.25) is 0 Å². The van der Waals surface area contributed by atoms with Crippen molar-refractivity contribution in [3.05, 3.63) is 17.7 Å². The van der Waals surface area contributed by atoms with E-state index in [4.69, 9.17) is 9.47 Å². The number of rotatable bonds is 8. The zero-order valence-corrected chi connectivity index (χ0v) is 18.3. The van der Waals surface area contributed by atoms with Crippen LogP contribution in [0.15, 0.2) is 17.0 Å². The van der Waals surface area contributed by atoms with E-state index < -0.39 is 10.0 Å². The first kappa shape index (κ1) is 22.5. The van der Waals surface area contributed by atoms with Crippen LogP contribution in [-0.2, 0) is 14.8 Å². The van der Waals surface area contributed by atoms with Crippen molar-refractivity contribution in [2.75, 3.05) is 27.3 Å². The molecule has 1 aromatic carbocycles. The Hall–Kier alpha value is -1.80. The Bertz CT molecular complexity index is 794. The van der Waals surface area contributed by atoms with Gasteiger partial charge in [0.2, 0.25) is 15.9 Å². The van der Waals surface area contributed by atoms with Crippen LogP contribution in [0.5, 0.6) is 11.5 Å². The van der Waals surface area contributed by atoms with Gasteiger partial charge in [0, 0.05) is 25.2 Å². The zero-order chi connectivity index (χ0) is 20.9. The number of aryl methyl sites for hydroxylation is 1. The summed E-state index contributed by atoms with van der Waals surface area (Å²) >= 11 is 0. The number of sulfonamides is 1. The molecule has 0 radical (unpaired) electrons. The average molecular weight is 413 g/mol. The number of unbranched alkanes of at least 4 members (excludes halogenated alkanes) is 1. The van der Waals surface area contributed by atoms with Crippen LogP contribution in [0.1, 0.15) is 45.1 Å². The molecule has 1 aliphatic heterocycles. The largest absolute Gasteiger partial charge is 0.493 e. The fourth-order valence-corrected chi connectivity index (χ4v) is 5.45. The summed E-state index contributed by atoms with van der Waals surface area (Å²) in [5.41, 5.74) is 0.583. The van der Waals surface area contributed by atoms with Gasteiger partial charge in [0.15, 0.2) is 11.5 Å². The van der Waals surface area contributed by atoms with Gasteiger partial charge in [-0.25, -0.2) is 8.42 Å². The molecule has 0 saturated carbocycles. The van der Waals surface area contributed by atoms with E-state index in [2.05, 4.69) is 12.2 Å². The van der Waals surface area contributed by atoms with Gasteiger partial charge in [-0.3, -0.25) is 4.79 Å². The predicted molar refractivity (Wildman–Crippen MR) is 108 cm³/mol. The molecule has 0 spiro atoms. The standard InChI is InChI=1S/C20H32N2O5S/c1-6-7-10-21-20(23)16-9-8-15(3)22(13-16)28(24,25)19-12-18(27-5)17(26-4)11-14(19)2/h11-12,15-16H,6-10,13H2,1-5H3,(H,21,23). The molecule has 7 nitrogen and oxygen atoms in total. The van der Waals surface area contributed by atoms with Gasteiger partial charge in [-0.05, 0) is 44.7 Å². The zero-order valence-electron chi connectivity index (χ0n) is 17.4. The van der Waals surface area contributed by atoms with Crippen LogP contribution in [0, 0.1) is 12.8 Å². The summed E-state index contributed by atoms with van der Waals surface area (Å²) in [4.78, 5) is 12.7. The third kappa shape index (κ3) is 4.78. The molecule has 0 bridgehead atoms. The smallest absolute Gasteiger partial charge is 0.243 e. The van der Waals surface area contributed by atoms with Gasteiger partial charge in [-0.15, -0.1) is 0 Å². The molecule has 1 N–H and O–H groups in total. The van der Waals surface area contributed by atoms with E-state index in [0.29, 0.717) is 36.4 Å². The molecule has 2 unspecified atom stereocenters. The Kier molecular flexibility index (Phi) is 7.71. The van der Waals surface area contributed by atoms with Crippen LogP contribution in [-0.4, -0.2) is 52.0 Å². The maximum Gasteiger partial charge on any atom is 0.243 e. The SMILES string of the molecule is CCCCNC(=O)C1CCC(C)N(S(=O)(=O)c2cc(OC)c(OC)cc2C)C1. The lowest BCUT2D eigenvalue weighted by molar-refractivity contribution is -0.126. The highest BCUT2D eigenvalue weighted by molar-refractivity contribution is 7.89. The van der Waals surface area contributed by atoms with Crippen LogP contribution in [0.4, 0.5) is 0 Å². The van der Waals surface area contributed by atoms with Gasteiger partial charge in [0.25, 0.3) is 0 Å². The first-order chi connectivity index (χ1) is 13.3. The number of nitrogens with zero attached hydrogens (tertiary/aromatic N) is 1. The van der Waals surface area contributed by atoms with Gasteiger partial charge in [-0.2, -0.15) is 4.31 Å². The molecule has 2 rings (SSSR count). The summed E-state index contributed by atoms with van der Waals surface area (Å²) < 4.78 is 38.8. The lowest BCUT2D eigenvalue weighted by atomic mass is 9.94. The molecule has 2 atom stereocenters. The number of ether oxygens (including phenoxy) is 2. The maximum absolute atomic E-state index is 13.4. The van der Waals surface area contributed by atoms with Crippen molar-refractivity contribution < 1.29 is 22.7 Å². The third-order valence-electron chi connectivity index (χ3n) is 5.29. The molecular weight excluding hydrogens is 380 g/mol. The van der Waals surface area contributed by atoms with Gasteiger partial charge in [-0.1, -0.05) is 13.3 Å². The molecule has 0 aromatic heterocycles. The summed E-state index contributed by atoms with van der Waals surface area (Å²) in [5.74, 6) is 0.455. The Morgan fingerprint density at radius 3 is 2.46 bits per heavy atom. The Labute approximate surface area is 168 Å². The average Bonchev–Trinajstić information content (AvgIpc) is 2.67. The van der Waals surface area contributed by atoms with E-state index in [1.807, 2.05) is 6.92 Å². The lowest BCUT2D eigenvalue weighted by Gasteiger charge is -2.36. The number of methoxy groups -OCH3 is 2. The maximum atomic E-state index is 13.4. The van der Waals surface area contributed by atoms with Crippen LogP contribution < -0.4 is 14.8 Å². The lowest BCUT2D eigenvalue weighted by Crippen LogP contribution is -2.49. The highest BCUT2D eigenvalue weighted by atomic mass is 32.2. The summed E-state index contributed by atoms with van der Waals surface area (Å²) in [6.45, 7) is 6.50. The minimum absolute atomic E-state index is 0.0652. The van der Waals surface area contributed by atoms with Crippen molar-refractivity contribution in [1.29, 1.82) is 0 Å². The normalized spacial score (nSPS) is 20.6. The second-order valence-corrected chi connectivity index (χ2v) is 9.17. The van der Waals surface area contributed by atoms with Crippen molar-refractivity contribution in [3.8, 4) is 11.5 Å². The van der Waals surface area contributed by atoms with Gasteiger partial charge >= 0.3 is 0 Å². The minimum atomic E-state index is -3.77. The summed E-state index contributed by atoms with van der Waals surface area (Å²) in [5, 5.41) is 2.93. The molecule has 1 heterocycles. The fourth-order valence-electron chi connectivity index (χ4n) is 3.52. The minimum Gasteiger partial charge on any atom is -0.493 e. The van der Waals surface area contributed by atoms with E-state index in [9.17, 15) is 13.2 Å². The first-order valence-electron chi connectivity index (χ1n) is 9.78. The number of amides is 1. The molecular formula is C20H32N2O5S. The molecule has 1 amide bonds. The number of hydrogen-bond donors (Lipinski definition) is 1. The van der Waals surface area contributed by atoms with Gasteiger partial charge < -0.3 is 14.8 Å². The summed E-state index contributed by atoms with van der Waals surface area (Å²) in [6.07, 6.45) is 3.26. The Balaban J connectivity index is 2.29. The molecule has 28 heavy (non-hydrogen) atoms. The molecule has 0 aliphatic carbocycles. The highest BCUT2D eigenvalue weighted by Gasteiger charge is 2.38. The molecule has 1 fully saturated rings. The van der Waals surface area contributed by atoms with Crippen molar-refractivity contribution in [2.24, 2.45) is 5.92 Å². The number of piperidine rings is 1. The monoisotopic (exact) mass is 412 g/mol. The van der Waals surface area contributed by atoms with Crippen molar-refractivity contribution in [3.63, 3.8) is 0 Å². The Morgan fingerprint density at radius 1 is 1.21 bits per heavy atom. The number of carbonyl (C=O) groups is 1. The van der Waals surface area contributed by atoms with E-state index in [-0.39, 0.29) is 29.3 Å². The molecule has 8 heteroatoms. The quantitative estimate of drug-likeness (QED) is 0.664. The van der Waals surface area contributed by atoms with Crippen LogP contribution >= 0.6 is 0 Å². The van der Waals surface area contributed by atoms with E-state index >= 15 is 0 Å². The topological polar surface area (TPSA) is 84.9 Å². The molecule has 1 saturated heterocycles. The first-order valence-corrected chi connectivity index (χ1v) is 11.2. The Morgan fingerprint density at radius 2 is 1.86 bits per heavy atom. The highest BCUT2D eigenvalue weighted by Crippen LogP contribution is 2.36. The molecule has 158 valence electrons. The molecule has 1 aromatic rings. The number of hydrogen-bond acceptors (Lipinski definition) is 5. The van der Waals surface area contributed by atoms with Crippen LogP contribution in [0.25, 0.3) is 0 Å². The van der Waals surface area contributed by atoms with E-state index in [1.54, 1.807) is 13.0 Å². The van der Waals surface area contributed by atoms with Crippen molar-refractivity contribution in [2.45, 2.75) is 57.4 Å². The second-order valence-electron chi connectivity index (χ2n) is 7.32. The van der Waals surface area contributed by atoms with E-state index in [1.165, 1.54) is 24.6 Å². The summed E-state index contributed by atoms with van der Waals surface area (Å²) in [7, 11) is -0.784.